The van der Waals surface area contributed by atoms with Gasteiger partial charge in [0.1, 0.15) is 0 Å². The first kappa shape index (κ1) is 16.4. The average molecular weight is 330 g/mol. The molecule has 1 aliphatic heterocycles. The number of nitrogens with two attached hydrogens (primary N) is 1. The standard InChI is InChI=1S/C15H21Cl2N3O/c16-12-9-11(18)10-13(17)15(12)19-14(21)5-8-20-6-3-1-2-4-7-20/h9-10H,1-8,18H2,(H,19,21). The number of nitrogen functional groups attached to an aromatic ring is 1. The predicted molar refractivity (Wildman–Crippen MR) is 89.0 cm³/mol. The number of nitrogens with zero attached hydrogens (tertiary/aromatic N) is 1. The van der Waals surface area contributed by atoms with Crippen LogP contribution in [0, 0.1) is 0 Å². The van der Waals surface area contributed by atoms with Crippen LogP contribution < -0.4 is 11.1 Å². The number of carbonyl (C=O) groups excluding carboxylic acids is 1. The van der Waals surface area contributed by atoms with Gasteiger partial charge in [-0.2, -0.15) is 0 Å². The molecule has 0 spiro atoms. The summed E-state index contributed by atoms with van der Waals surface area (Å²) in [7, 11) is 0. The Labute approximate surface area is 135 Å². The Kier molecular flexibility index (Phi) is 6.15. The minimum Gasteiger partial charge on any atom is -0.399 e. The fraction of sp³-hybridized carbons (Fsp3) is 0.533. The van der Waals surface area contributed by atoms with Gasteiger partial charge in [-0.25, -0.2) is 0 Å². The summed E-state index contributed by atoms with van der Waals surface area (Å²) >= 11 is 12.1. The lowest BCUT2D eigenvalue weighted by Gasteiger charge is -2.19. The summed E-state index contributed by atoms with van der Waals surface area (Å²) < 4.78 is 0. The predicted octanol–water partition coefficient (Wildman–Crippen LogP) is 3.78. The molecule has 1 aromatic carbocycles. The Morgan fingerprint density at radius 1 is 1.14 bits per heavy atom. The lowest BCUT2D eigenvalue weighted by atomic mass is 10.2. The van der Waals surface area contributed by atoms with Gasteiger partial charge in [0.05, 0.1) is 15.7 Å². The number of halogens is 2. The Bertz CT molecular complexity index is 477. The molecule has 1 amide bonds. The van der Waals surface area contributed by atoms with Crippen LogP contribution in [0.2, 0.25) is 10.0 Å². The average Bonchev–Trinajstić information content (AvgIpc) is 2.69. The molecule has 0 aliphatic carbocycles. The molecule has 0 aromatic heterocycles. The quantitative estimate of drug-likeness (QED) is 0.826. The van der Waals surface area contributed by atoms with Crippen LogP contribution >= 0.6 is 23.2 Å². The zero-order chi connectivity index (χ0) is 15.2. The molecule has 0 bridgehead atoms. The van der Waals surface area contributed by atoms with E-state index in [1.54, 1.807) is 12.1 Å². The van der Waals surface area contributed by atoms with E-state index in [2.05, 4.69) is 10.2 Å². The number of hydrogen-bond acceptors (Lipinski definition) is 3. The molecule has 2 rings (SSSR count). The Hall–Kier alpha value is -0.970. The number of rotatable bonds is 4. The fourth-order valence-corrected chi connectivity index (χ4v) is 3.13. The normalized spacial score (nSPS) is 16.5. The monoisotopic (exact) mass is 329 g/mol. The van der Waals surface area contributed by atoms with E-state index >= 15 is 0 Å². The number of benzene rings is 1. The highest BCUT2D eigenvalue weighted by atomic mass is 35.5. The smallest absolute Gasteiger partial charge is 0.225 e. The van der Waals surface area contributed by atoms with Crippen molar-refractivity contribution in [1.29, 1.82) is 0 Å². The molecule has 21 heavy (non-hydrogen) atoms. The highest BCUT2D eigenvalue weighted by Gasteiger charge is 2.13. The van der Waals surface area contributed by atoms with Crippen molar-refractivity contribution in [3.8, 4) is 0 Å². The van der Waals surface area contributed by atoms with Crippen molar-refractivity contribution >= 4 is 40.5 Å². The maximum atomic E-state index is 12.0. The first-order valence-corrected chi connectivity index (χ1v) is 8.08. The molecule has 1 aromatic rings. The van der Waals surface area contributed by atoms with E-state index < -0.39 is 0 Å². The zero-order valence-corrected chi connectivity index (χ0v) is 13.5. The Balaban J connectivity index is 1.87. The summed E-state index contributed by atoms with van der Waals surface area (Å²) in [5, 5.41) is 3.50. The molecular weight excluding hydrogens is 309 g/mol. The van der Waals surface area contributed by atoms with Crippen LogP contribution in [0.4, 0.5) is 11.4 Å². The molecular formula is C15H21Cl2N3O. The lowest BCUT2D eigenvalue weighted by Crippen LogP contribution is -2.28. The Morgan fingerprint density at radius 3 is 2.29 bits per heavy atom. The number of anilines is 2. The van der Waals surface area contributed by atoms with Gasteiger partial charge in [-0.15, -0.1) is 0 Å². The van der Waals surface area contributed by atoms with Crippen molar-refractivity contribution < 1.29 is 4.79 Å². The third-order valence-corrected chi connectivity index (χ3v) is 4.28. The van der Waals surface area contributed by atoms with E-state index in [9.17, 15) is 4.79 Å². The molecule has 116 valence electrons. The molecule has 1 saturated heterocycles. The van der Waals surface area contributed by atoms with E-state index in [-0.39, 0.29) is 5.91 Å². The minimum absolute atomic E-state index is 0.0761. The van der Waals surface area contributed by atoms with Crippen LogP contribution in [0.25, 0.3) is 0 Å². The SMILES string of the molecule is Nc1cc(Cl)c(NC(=O)CCN2CCCCCC2)c(Cl)c1. The van der Waals surface area contributed by atoms with Crippen molar-refractivity contribution in [3.63, 3.8) is 0 Å². The van der Waals surface area contributed by atoms with Gasteiger partial charge in [0.2, 0.25) is 5.91 Å². The number of amides is 1. The largest absolute Gasteiger partial charge is 0.399 e. The van der Waals surface area contributed by atoms with Gasteiger partial charge < -0.3 is 16.0 Å². The van der Waals surface area contributed by atoms with Gasteiger partial charge in [0, 0.05) is 18.7 Å². The van der Waals surface area contributed by atoms with Crippen LogP contribution in [0.1, 0.15) is 32.1 Å². The summed E-state index contributed by atoms with van der Waals surface area (Å²) in [5.74, 6) is -0.0761. The maximum Gasteiger partial charge on any atom is 0.225 e. The van der Waals surface area contributed by atoms with Crippen LogP contribution in [0.5, 0.6) is 0 Å². The van der Waals surface area contributed by atoms with Gasteiger partial charge in [0.15, 0.2) is 0 Å². The zero-order valence-electron chi connectivity index (χ0n) is 12.0. The van der Waals surface area contributed by atoms with E-state index in [0.29, 0.717) is 27.8 Å². The van der Waals surface area contributed by atoms with Crippen molar-refractivity contribution in [3.05, 3.63) is 22.2 Å². The minimum atomic E-state index is -0.0761. The van der Waals surface area contributed by atoms with Gasteiger partial charge in [-0.1, -0.05) is 36.0 Å². The van der Waals surface area contributed by atoms with Crippen molar-refractivity contribution in [2.45, 2.75) is 32.1 Å². The van der Waals surface area contributed by atoms with Gasteiger partial charge in [0.25, 0.3) is 0 Å². The molecule has 6 heteroatoms. The fourth-order valence-electron chi connectivity index (χ4n) is 2.53. The molecule has 4 nitrogen and oxygen atoms in total. The maximum absolute atomic E-state index is 12.0. The third kappa shape index (κ3) is 5.06. The van der Waals surface area contributed by atoms with Crippen LogP contribution in [0.3, 0.4) is 0 Å². The van der Waals surface area contributed by atoms with Crippen LogP contribution in [-0.2, 0) is 4.79 Å². The second-order valence-corrected chi connectivity index (χ2v) is 6.23. The number of hydrogen-bond donors (Lipinski definition) is 2. The number of carbonyl (C=O) groups is 1. The second kappa shape index (κ2) is 7.87. The summed E-state index contributed by atoms with van der Waals surface area (Å²) in [6, 6.07) is 3.16. The lowest BCUT2D eigenvalue weighted by molar-refractivity contribution is -0.116. The highest BCUT2D eigenvalue weighted by molar-refractivity contribution is 6.40. The first-order chi connectivity index (χ1) is 10.1. The third-order valence-electron chi connectivity index (χ3n) is 3.68. The molecule has 1 aliphatic rings. The van der Waals surface area contributed by atoms with Crippen LogP contribution in [-0.4, -0.2) is 30.4 Å². The van der Waals surface area contributed by atoms with Crippen molar-refractivity contribution in [2.75, 3.05) is 30.7 Å². The number of likely N-dealkylation sites (tertiary alicyclic amines) is 1. The summed E-state index contributed by atoms with van der Waals surface area (Å²) in [6.45, 7) is 2.93. The molecule has 3 N–H and O–H groups in total. The van der Waals surface area contributed by atoms with Crippen molar-refractivity contribution in [1.82, 2.24) is 4.90 Å². The van der Waals surface area contributed by atoms with Crippen LogP contribution in [0.15, 0.2) is 12.1 Å². The summed E-state index contributed by atoms with van der Waals surface area (Å²) in [5.41, 5.74) is 6.56. The first-order valence-electron chi connectivity index (χ1n) is 7.33. The summed E-state index contributed by atoms with van der Waals surface area (Å²) in [4.78, 5) is 14.4. The highest BCUT2D eigenvalue weighted by Crippen LogP contribution is 2.32. The van der Waals surface area contributed by atoms with Crippen molar-refractivity contribution in [2.24, 2.45) is 0 Å². The van der Waals surface area contributed by atoms with E-state index in [1.165, 1.54) is 25.7 Å². The van der Waals surface area contributed by atoms with E-state index in [1.807, 2.05) is 0 Å². The Morgan fingerprint density at radius 2 is 1.71 bits per heavy atom. The van der Waals surface area contributed by atoms with Gasteiger partial charge >= 0.3 is 0 Å². The second-order valence-electron chi connectivity index (χ2n) is 5.41. The molecule has 0 unspecified atom stereocenters. The molecule has 0 radical (unpaired) electrons. The van der Waals surface area contributed by atoms with E-state index in [4.69, 9.17) is 28.9 Å². The van der Waals surface area contributed by atoms with Gasteiger partial charge in [-0.05, 0) is 38.1 Å². The van der Waals surface area contributed by atoms with Gasteiger partial charge in [-0.3, -0.25) is 4.79 Å². The summed E-state index contributed by atoms with van der Waals surface area (Å²) in [6.07, 6.45) is 5.46. The molecule has 0 saturated carbocycles. The van der Waals surface area contributed by atoms with E-state index in [0.717, 1.165) is 19.6 Å². The molecule has 1 fully saturated rings. The topological polar surface area (TPSA) is 58.4 Å². The molecule has 1 heterocycles. The molecule has 0 atom stereocenters. The number of nitrogens with one attached hydrogen (secondary N) is 1.